The van der Waals surface area contributed by atoms with Crippen LogP contribution in [0.1, 0.15) is 5.69 Å². The molecule has 0 aliphatic heterocycles. The van der Waals surface area contributed by atoms with E-state index in [1.54, 1.807) is 7.11 Å². The number of aromatic nitrogens is 2. The van der Waals surface area contributed by atoms with E-state index in [9.17, 15) is 0 Å². The smallest absolute Gasteiger partial charge is 0.135 e. The Morgan fingerprint density at radius 3 is 2.94 bits per heavy atom. The average molecular weight is 296 g/mol. The van der Waals surface area contributed by atoms with Gasteiger partial charge in [-0.2, -0.15) is 5.10 Å². The van der Waals surface area contributed by atoms with Crippen molar-refractivity contribution in [1.82, 2.24) is 15.1 Å². The normalized spacial score (nSPS) is 10.5. The van der Waals surface area contributed by atoms with Crippen molar-refractivity contribution in [2.45, 2.75) is 6.54 Å². The summed E-state index contributed by atoms with van der Waals surface area (Å²) in [6, 6.07) is 7.88. The number of hydrogen-bond acceptors (Lipinski definition) is 3. The summed E-state index contributed by atoms with van der Waals surface area (Å²) in [5.74, 6) is 0.799. The molecule has 1 aromatic heterocycles. The van der Waals surface area contributed by atoms with Crippen molar-refractivity contribution in [3.8, 4) is 11.4 Å². The number of nitrogens with one attached hydrogen (secondary N) is 1. The van der Waals surface area contributed by atoms with Gasteiger partial charge in [0.15, 0.2) is 0 Å². The summed E-state index contributed by atoms with van der Waals surface area (Å²) >= 11 is 3.43. The molecule has 1 N–H and O–H groups in total. The maximum atomic E-state index is 5.26. The van der Waals surface area contributed by atoms with Crippen molar-refractivity contribution in [2.24, 2.45) is 0 Å². The minimum Gasteiger partial charge on any atom is -0.495 e. The third-order valence-corrected chi connectivity index (χ3v) is 3.06. The first kappa shape index (κ1) is 12.1. The molecule has 0 fully saturated rings. The van der Waals surface area contributed by atoms with E-state index in [4.69, 9.17) is 4.74 Å². The van der Waals surface area contributed by atoms with E-state index < -0.39 is 0 Å². The Morgan fingerprint density at radius 1 is 1.41 bits per heavy atom. The molecule has 0 aliphatic carbocycles. The first-order valence-corrected chi connectivity index (χ1v) is 6.07. The predicted octanol–water partition coefficient (Wildman–Crippen LogP) is 2.36. The highest BCUT2D eigenvalue weighted by Crippen LogP contribution is 2.26. The van der Waals surface area contributed by atoms with E-state index in [2.05, 4.69) is 26.3 Å². The summed E-state index contributed by atoms with van der Waals surface area (Å²) < 4.78 is 8.03. The van der Waals surface area contributed by atoms with Crippen molar-refractivity contribution in [1.29, 1.82) is 0 Å². The van der Waals surface area contributed by atoms with Gasteiger partial charge in [0.2, 0.25) is 0 Å². The van der Waals surface area contributed by atoms with Gasteiger partial charge in [0, 0.05) is 18.8 Å². The maximum absolute atomic E-state index is 5.26. The number of methoxy groups -OCH3 is 1. The lowest BCUT2D eigenvalue weighted by Gasteiger charge is -2.06. The van der Waals surface area contributed by atoms with Crippen LogP contribution in [0.25, 0.3) is 5.69 Å². The largest absolute Gasteiger partial charge is 0.495 e. The molecule has 0 unspecified atom stereocenters. The highest BCUT2D eigenvalue weighted by molar-refractivity contribution is 9.10. The first-order valence-electron chi connectivity index (χ1n) is 5.27. The Kier molecular flexibility index (Phi) is 3.81. The molecule has 4 nitrogen and oxygen atoms in total. The Balaban J connectivity index is 2.32. The molecule has 0 radical (unpaired) electrons. The zero-order valence-electron chi connectivity index (χ0n) is 9.77. The number of benzene rings is 1. The minimum atomic E-state index is 0.765. The quantitative estimate of drug-likeness (QED) is 0.941. The van der Waals surface area contributed by atoms with E-state index in [-0.39, 0.29) is 0 Å². The van der Waals surface area contributed by atoms with Crippen LogP contribution in [0.15, 0.2) is 34.9 Å². The Hall–Kier alpha value is -1.33. The summed E-state index contributed by atoms with van der Waals surface area (Å²) in [5, 5.41) is 7.53. The summed E-state index contributed by atoms with van der Waals surface area (Å²) in [6.45, 7) is 0.765. The van der Waals surface area contributed by atoms with Crippen molar-refractivity contribution < 1.29 is 4.74 Å². The minimum absolute atomic E-state index is 0.765. The lowest BCUT2D eigenvalue weighted by atomic mass is 10.3. The van der Waals surface area contributed by atoms with E-state index in [1.807, 2.05) is 42.2 Å². The van der Waals surface area contributed by atoms with Gasteiger partial charge in [-0.05, 0) is 41.2 Å². The zero-order valence-corrected chi connectivity index (χ0v) is 11.4. The van der Waals surface area contributed by atoms with Gasteiger partial charge >= 0.3 is 0 Å². The topological polar surface area (TPSA) is 39.1 Å². The van der Waals surface area contributed by atoms with Crippen molar-refractivity contribution in [3.05, 3.63) is 40.6 Å². The van der Waals surface area contributed by atoms with Crippen LogP contribution in [0, 0.1) is 0 Å². The molecule has 0 amide bonds. The average Bonchev–Trinajstić information content (AvgIpc) is 2.79. The van der Waals surface area contributed by atoms with Crippen LogP contribution >= 0.6 is 15.9 Å². The molecule has 0 saturated carbocycles. The zero-order chi connectivity index (χ0) is 12.3. The van der Waals surface area contributed by atoms with Crippen LogP contribution in [0.4, 0.5) is 0 Å². The fourth-order valence-electron chi connectivity index (χ4n) is 1.57. The summed E-state index contributed by atoms with van der Waals surface area (Å²) in [4.78, 5) is 0. The SMILES string of the molecule is CNCc1ccn(-c2ccc(Br)c(OC)c2)n1. The molecule has 0 atom stereocenters. The van der Waals surface area contributed by atoms with Crippen LogP contribution in [-0.4, -0.2) is 23.9 Å². The molecule has 2 rings (SSSR count). The van der Waals surface area contributed by atoms with E-state index in [0.29, 0.717) is 0 Å². The molecular formula is C12H14BrN3O. The van der Waals surface area contributed by atoms with Crippen molar-refractivity contribution in [2.75, 3.05) is 14.2 Å². The van der Waals surface area contributed by atoms with Crippen LogP contribution in [-0.2, 0) is 6.54 Å². The molecule has 5 heteroatoms. The second-order valence-electron chi connectivity index (χ2n) is 3.60. The molecule has 0 spiro atoms. The Bertz CT molecular complexity index is 510. The number of ether oxygens (including phenoxy) is 1. The number of rotatable bonds is 4. The molecule has 2 aromatic rings. The molecule has 0 aliphatic rings. The molecule has 90 valence electrons. The molecule has 1 aromatic carbocycles. The third-order valence-electron chi connectivity index (χ3n) is 2.40. The summed E-state index contributed by atoms with van der Waals surface area (Å²) in [5.41, 5.74) is 1.99. The molecule has 1 heterocycles. The summed E-state index contributed by atoms with van der Waals surface area (Å²) in [7, 11) is 3.56. The Morgan fingerprint density at radius 2 is 2.24 bits per heavy atom. The van der Waals surface area contributed by atoms with E-state index in [0.717, 1.165) is 28.1 Å². The van der Waals surface area contributed by atoms with Crippen molar-refractivity contribution in [3.63, 3.8) is 0 Å². The van der Waals surface area contributed by atoms with Gasteiger partial charge in [0.1, 0.15) is 5.75 Å². The summed E-state index contributed by atoms with van der Waals surface area (Å²) in [6.07, 6.45) is 1.94. The Labute approximate surface area is 109 Å². The van der Waals surface area contributed by atoms with Gasteiger partial charge in [0.05, 0.1) is 23.0 Å². The van der Waals surface area contributed by atoms with E-state index >= 15 is 0 Å². The lowest BCUT2D eigenvalue weighted by Crippen LogP contribution is -2.06. The molecular weight excluding hydrogens is 282 g/mol. The maximum Gasteiger partial charge on any atom is 0.135 e. The molecule has 17 heavy (non-hydrogen) atoms. The predicted molar refractivity (Wildman–Crippen MR) is 70.6 cm³/mol. The van der Waals surface area contributed by atoms with Gasteiger partial charge in [-0.3, -0.25) is 0 Å². The molecule has 0 bridgehead atoms. The number of halogens is 1. The fraction of sp³-hybridized carbons (Fsp3) is 0.250. The highest BCUT2D eigenvalue weighted by atomic mass is 79.9. The standard InChI is InChI=1S/C12H14BrN3O/c1-14-8-9-5-6-16(15-9)10-3-4-11(13)12(7-10)17-2/h3-7,14H,8H2,1-2H3. The van der Waals surface area contributed by atoms with Gasteiger partial charge < -0.3 is 10.1 Å². The van der Waals surface area contributed by atoms with Crippen LogP contribution in [0.3, 0.4) is 0 Å². The van der Waals surface area contributed by atoms with Crippen molar-refractivity contribution >= 4 is 15.9 Å². The third kappa shape index (κ3) is 2.68. The number of hydrogen-bond donors (Lipinski definition) is 1. The van der Waals surface area contributed by atoms with Crippen LogP contribution < -0.4 is 10.1 Å². The monoisotopic (exact) mass is 295 g/mol. The second-order valence-corrected chi connectivity index (χ2v) is 4.46. The fourth-order valence-corrected chi connectivity index (χ4v) is 1.98. The van der Waals surface area contributed by atoms with Gasteiger partial charge in [-0.15, -0.1) is 0 Å². The number of nitrogens with zero attached hydrogens (tertiary/aromatic N) is 2. The van der Waals surface area contributed by atoms with Gasteiger partial charge in [-0.1, -0.05) is 0 Å². The van der Waals surface area contributed by atoms with E-state index in [1.165, 1.54) is 0 Å². The lowest BCUT2D eigenvalue weighted by molar-refractivity contribution is 0.412. The van der Waals surface area contributed by atoms with Gasteiger partial charge in [0.25, 0.3) is 0 Å². The second kappa shape index (κ2) is 5.33. The first-order chi connectivity index (χ1) is 8.24. The highest BCUT2D eigenvalue weighted by Gasteiger charge is 2.04. The van der Waals surface area contributed by atoms with Crippen LogP contribution in [0.5, 0.6) is 5.75 Å². The van der Waals surface area contributed by atoms with Gasteiger partial charge in [-0.25, -0.2) is 4.68 Å². The molecule has 0 saturated heterocycles. The van der Waals surface area contributed by atoms with Crippen LogP contribution in [0.2, 0.25) is 0 Å².